The van der Waals surface area contributed by atoms with Crippen LogP contribution in [0.1, 0.15) is 38.9 Å². The lowest BCUT2D eigenvalue weighted by Crippen LogP contribution is -2.69. The maximum absolute atomic E-state index is 13.1. The molecule has 13 nitrogen and oxygen atoms in total. The molecule has 0 spiro atoms. The first kappa shape index (κ1) is 52.3. The Hall–Kier alpha value is -6.55. The van der Waals surface area contributed by atoms with Crippen LogP contribution in [0.5, 0.6) is 0 Å². The molecule has 0 radical (unpaired) electrons. The van der Waals surface area contributed by atoms with Gasteiger partial charge in [-0.2, -0.15) is 0 Å². The standard InChI is InChI=1S/C61H63N3O10/c62-64-63-52-55(68-38-46-26-12-3-13-27-46)54(67-37-45-24-10-2-11-25-45)51(43-66-36-44-22-8-1-9-23-44)73-61(52)74-57-53(65)56(69-39-47-28-14-4-15-29-47)58(70-40-48-30-16-5-17-31-48)60(72-42-50-34-20-7-21-35-50)59(57)71-41-49-32-18-6-19-33-49/h1-35,51-61,65H,36-43H2/t51-,52-,53+,54-,55-,56-,57-,58+,59+,60+,61-/m1/s1. The lowest BCUT2D eigenvalue weighted by molar-refractivity contribution is -0.338. The maximum Gasteiger partial charge on any atom is 0.169 e. The van der Waals surface area contributed by atoms with Crippen LogP contribution >= 0.6 is 0 Å². The van der Waals surface area contributed by atoms with Crippen molar-refractivity contribution < 1.29 is 47.7 Å². The fourth-order valence-corrected chi connectivity index (χ4v) is 9.39. The zero-order chi connectivity index (χ0) is 50.6. The molecule has 11 atom stereocenters. The van der Waals surface area contributed by atoms with Gasteiger partial charge in [-0.3, -0.25) is 0 Å². The van der Waals surface area contributed by atoms with Crippen LogP contribution in [-0.2, 0) is 88.9 Å². The Kier molecular flexibility index (Phi) is 19.6. The van der Waals surface area contributed by atoms with Crippen molar-refractivity contribution in [3.05, 3.63) is 262 Å². The average molecular weight is 998 g/mol. The van der Waals surface area contributed by atoms with Crippen LogP contribution in [-0.4, -0.2) is 79.0 Å². The highest BCUT2D eigenvalue weighted by Crippen LogP contribution is 2.38. The summed E-state index contributed by atoms with van der Waals surface area (Å²) in [7, 11) is 0. The van der Waals surface area contributed by atoms with Crippen molar-refractivity contribution in [3.8, 4) is 0 Å². The van der Waals surface area contributed by atoms with Crippen molar-refractivity contribution in [1.29, 1.82) is 0 Å². The number of benzene rings is 7. The van der Waals surface area contributed by atoms with Crippen LogP contribution in [0.15, 0.2) is 217 Å². The molecule has 1 heterocycles. The normalized spacial score (nSPS) is 24.7. The van der Waals surface area contributed by atoms with Crippen molar-refractivity contribution in [2.45, 2.75) is 114 Å². The molecule has 7 aromatic carbocycles. The third-order valence-electron chi connectivity index (χ3n) is 13.2. The molecule has 9 rings (SSSR count). The molecule has 7 aromatic rings. The van der Waals surface area contributed by atoms with E-state index in [2.05, 4.69) is 10.0 Å². The predicted octanol–water partition coefficient (Wildman–Crippen LogP) is 10.9. The molecule has 1 saturated heterocycles. The highest BCUT2D eigenvalue weighted by atomic mass is 16.7. The van der Waals surface area contributed by atoms with Crippen LogP contribution in [0.4, 0.5) is 0 Å². The summed E-state index contributed by atoms with van der Waals surface area (Å²) < 4.78 is 62.0. The van der Waals surface area contributed by atoms with E-state index in [1.165, 1.54) is 0 Å². The van der Waals surface area contributed by atoms with Gasteiger partial charge in [-0.05, 0) is 44.5 Å². The first-order chi connectivity index (χ1) is 36.6. The average Bonchev–Trinajstić information content (AvgIpc) is 3.46. The van der Waals surface area contributed by atoms with E-state index in [4.69, 9.17) is 42.6 Å². The SMILES string of the molecule is [N-]=[N+]=N[C@H]1[C@@H](O[C@@H]2[C@@H](O)[C@@H](OCc3ccccc3)[C@H](OCc3ccccc3)[C@H](OCc3ccccc3)[C@H]2OCc2ccccc2)O[C@H](COCc2ccccc2)[C@@H](OCc2ccccc2)[C@@H]1OCc1ccccc1. The largest absolute Gasteiger partial charge is 0.387 e. The van der Waals surface area contributed by atoms with Gasteiger partial charge in [0.1, 0.15) is 61.0 Å². The van der Waals surface area contributed by atoms with Gasteiger partial charge in [0.15, 0.2) is 6.29 Å². The van der Waals surface area contributed by atoms with E-state index in [0.29, 0.717) is 0 Å². The van der Waals surface area contributed by atoms with Gasteiger partial charge in [0, 0.05) is 4.91 Å². The van der Waals surface area contributed by atoms with Gasteiger partial charge in [-0.1, -0.05) is 217 Å². The van der Waals surface area contributed by atoms with E-state index in [1.807, 2.05) is 212 Å². The molecule has 74 heavy (non-hydrogen) atoms. The number of aliphatic hydroxyl groups excluding tert-OH is 1. The monoisotopic (exact) mass is 997 g/mol. The molecule has 1 saturated carbocycles. The number of azide groups is 1. The molecular weight excluding hydrogens is 935 g/mol. The third kappa shape index (κ3) is 14.6. The summed E-state index contributed by atoms with van der Waals surface area (Å²) in [6.07, 6.45) is -10.5. The smallest absolute Gasteiger partial charge is 0.169 e. The van der Waals surface area contributed by atoms with Crippen molar-refractivity contribution in [3.63, 3.8) is 0 Å². The number of nitrogens with zero attached hydrogens (tertiary/aromatic N) is 3. The Bertz CT molecular complexity index is 2710. The van der Waals surface area contributed by atoms with Gasteiger partial charge in [0.25, 0.3) is 0 Å². The lowest BCUT2D eigenvalue weighted by atomic mass is 9.83. The highest BCUT2D eigenvalue weighted by molar-refractivity contribution is 5.20. The van der Waals surface area contributed by atoms with E-state index in [-0.39, 0.29) is 52.9 Å². The third-order valence-corrected chi connectivity index (χ3v) is 13.2. The molecule has 13 heteroatoms. The summed E-state index contributed by atoms with van der Waals surface area (Å²) in [4.78, 5) is 3.36. The molecule has 2 aliphatic rings. The van der Waals surface area contributed by atoms with E-state index in [1.54, 1.807) is 0 Å². The molecule has 0 unspecified atom stereocenters. The predicted molar refractivity (Wildman–Crippen MR) is 279 cm³/mol. The van der Waals surface area contributed by atoms with Gasteiger partial charge < -0.3 is 47.7 Å². The molecule has 0 aromatic heterocycles. The second-order valence-electron chi connectivity index (χ2n) is 18.4. The van der Waals surface area contributed by atoms with Crippen LogP contribution < -0.4 is 0 Å². The van der Waals surface area contributed by atoms with Gasteiger partial charge in [-0.15, -0.1) is 0 Å². The summed E-state index contributed by atoms with van der Waals surface area (Å²) in [5.74, 6) is 0. The minimum Gasteiger partial charge on any atom is -0.387 e. The van der Waals surface area contributed by atoms with Crippen molar-refractivity contribution in [2.75, 3.05) is 6.61 Å². The highest BCUT2D eigenvalue weighted by Gasteiger charge is 2.57. The van der Waals surface area contributed by atoms with Crippen molar-refractivity contribution >= 4 is 0 Å². The number of hydrogen-bond donors (Lipinski definition) is 1. The Labute approximate surface area is 433 Å². The molecule has 0 amide bonds. The van der Waals surface area contributed by atoms with E-state index >= 15 is 0 Å². The number of aliphatic hydroxyl groups is 1. The fourth-order valence-electron chi connectivity index (χ4n) is 9.39. The van der Waals surface area contributed by atoms with Crippen LogP contribution in [0.25, 0.3) is 10.4 Å². The minimum absolute atomic E-state index is 0.0462. The van der Waals surface area contributed by atoms with Crippen LogP contribution in [0, 0.1) is 0 Å². The first-order valence-corrected chi connectivity index (χ1v) is 25.2. The summed E-state index contributed by atoms with van der Waals surface area (Å²) >= 11 is 0. The lowest BCUT2D eigenvalue weighted by Gasteiger charge is -2.51. The molecule has 1 aliphatic heterocycles. The van der Waals surface area contributed by atoms with Crippen LogP contribution in [0.2, 0.25) is 0 Å². The zero-order valence-electron chi connectivity index (χ0n) is 41.2. The Morgan fingerprint density at radius 1 is 0.378 bits per heavy atom. The molecule has 2 fully saturated rings. The molecule has 1 aliphatic carbocycles. The Balaban J connectivity index is 1.11. The summed E-state index contributed by atoms with van der Waals surface area (Å²) in [5.41, 5.74) is 16.8. The Morgan fingerprint density at radius 2 is 0.676 bits per heavy atom. The van der Waals surface area contributed by atoms with Gasteiger partial charge in [0.2, 0.25) is 0 Å². The maximum atomic E-state index is 13.1. The second kappa shape index (κ2) is 27.7. The quantitative estimate of drug-likeness (QED) is 0.0333. The van der Waals surface area contributed by atoms with Gasteiger partial charge in [0.05, 0.1) is 52.9 Å². The first-order valence-electron chi connectivity index (χ1n) is 25.2. The topological polar surface area (TPSA) is 152 Å². The number of hydrogen-bond acceptors (Lipinski definition) is 11. The summed E-state index contributed by atoms with van der Waals surface area (Å²) in [5, 5.41) is 17.5. The molecule has 0 bridgehead atoms. The van der Waals surface area contributed by atoms with E-state index < -0.39 is 67.3 Å². The molecule has 1 N–H and O–H groups in total. The molecule has 382 valence electrons. The summed E-state index contributed by atoms with van der Waals surface area (Å²) in [6.45, 7) is 1.31. The van der Waals surface area contributed by atoms with Gasteiger partial charge in [-0.25, -0.2) is 0 Å². The number of rotatable bonds is 25. The van der Waals surface area contributed by atoms with E-state index in [9.17, 15) is 10.6 Å². The fraction of sp³-hybridized carbons (Fsp3) is 0.311. The Morgan fingerprint density at radius 3 is 1.04 bits per heavy atom. The molecular formula is C61H63N3O10. The number of ether oxygens (including phenoxy) is 9. The second-order valence-corrected chi connectivity index (χ2v) is 18.4. The summed E-state index contributed by atoms with van der Waals surface area (Å²) in [6, 6.07) is 67.4. The van der Waals surface area contributed by atoms with Gasteiger partial charge >= 0.3 is 0 Å². The van der Waals surface area contributed by atoms with Crippen LogP contribution in [0.3, 0.4) is 0 Å². The zero-order valence-corrected chi connectivity index (χ0v) is 41.2. The van der Waals surface area contributed by atoms with Crippen molar-refractivity contribution in [1.82, 2.24) is 0 Å². The minimum atomic E-state index is -1.42. The van der Waals surface area contributed by atoms with Crippen molar-refractivity contribution in [2.24, 2.45) is 5.11 Å². The van der Waals surface area contributed by atoms with E-state index in [0.717, 1.165) is 38.9 Å².